The van der Waals surface area contributed by atoms with E-state index in [0.29, 0.717) is 52.0 Å². The van der Waals surface area contributed by atoms with Gasteiger partial charge in [-0.2, -0.15) is 0 Å². The van der Waals surface area contributed by atoms with Crippen LogP contribution < -0.4 is 5.32 Å². The maximum Gasteiger partial charge on any atom is 0.311 e. The van der Waals surface area contributed by atoms with Crippen molar-refractivity contribution < 1.29 is 18.7 Å². The normalized spacial score (nSPS) is 23.0. The molecule has 3 fully saturated rings. The van der Waals surface area contributed by atoms with E-state index in [2.05, 4.69) is 36.6 Å². The Morgan fingerprint density at radius 3 is 2.81 bits per heavy atom. The first-order valence-electron chi connectivity index (χ1n) is 12.3. The predicted octanol–water partition coefficient (Wildman–Crippen LogP) is 5.32. The third-order valence-corrected chi connectivity index (χ3v) is 9.34. The van der Waals surface area contributed by atoms with Crippen LogP contribution in [0.5, 0.6) is 0 Å². The molecule has 37 heavy (non-hydrogen) atoms. The van der Waals surface area contributed by atoms with Gasteiger partial charge in [-0.1, -0.05) is 0 Å². The number of nitrogens with zero attached hydrogens (tertiary/aromatic N) is 5. The largest absolute Gasteiger partial charge is 0.466 e. The van der Waals surface area contributed by atoms with E-state index in [1.807, 2.05) is 17.1 Å². The van der Waals surface area contributed by atoms with Crippen molar-refractivity contribution in [2.75, 3.05) is 11.9 Å². The highest BCUT2D eigenvalue weighted by atomic mass is 127. The Kier molecular flexibility index (Phi) is 6.55. The first-order chi connectivity index (χ1) is 18.0. The van der Waals surface area contributed by atoms with Gasteiger partial charge in [0.15, 0.2) is 23.6 Å². The Bertz CT molecular complexity index is 1520. The van der Waals surface area contributed by atoms with E-state index in [-0.39, 0.29) is 23.8 Å². The smallest absolute Gasteiger partial charge is 0.311 e. The van der Waals surface area contributed by atoms with E-state index in [0.717, 1.165) is 32.0 Å². The summed E-state index contributed by atoms with van der Waals surface area (Å²) in [5, 5.41) is 8.80. The lowest BCUT2D eigenvalue weighted by Gasteiger charge is -2.47. The third kappa shape index (κ3) is 4.17. The van der Waals surface area contributed by atoms with Crippen LogP contribution in [0, 0.1) is 23.6 Å². The van der Waals surface area contributed by atoms with Crippen LogP contribution in [0.2, 0.25) is 0 Å². The van der Waals surface area contributed by atoms with Crippen LogP contribution in [0.1, 0.15) is 43.1 Å². The van der Waals surface area contributed by atoms with Gasteiger partial charge in [0.2, 0.25) is 0 Å². The van der Waals surface area contributed by atoms with Crippen molar-refractivity contribution in [3.63, 3.8) is 0 Å². The molecule has 4 heterocycles. The number of fused-ring (bicyclic) bond motifs is 5. The molecule has 0 radical (unpaired) electrons. The topological polar surface area (TPSA) is 103 Å². The SMILES string of the molecule is CCOC(=O)[C@H]1C2CCC(CC2)[C@@H]1Nc1nc(-c2cn(SI)c3ncc(F)cc23)nn2c(C=O)ccc12. The van der Waals surface area contributed by atoms with Crippen LogP contribution in [-0.4, -0.2) is 48.5 Å². The maximum atomic E-state index is 14.2. The number of hydrogen-bond donors (Lipinski definition) is 1. The van der Waals surface area contributed by atoms with Crippen LogP contribution in [-0.2, 0) is 9.53 Å². The lowest BCUT2D eigenvalue weighted by atomic mass is 9.61. The Morgan fingerprint density at radius 1 is 1.30 bits per heavy atom. The molecule has 9 nitrogen and oxygen atoms in total. The maximum absolute atomic E-state index is 14.2. The fraction of sp³-hybridized carbons (Fsp3) is 0.400. The van der Waals surface area contributed by atoms with Crippen LogP contribution in [0.25, 0.3) is 27.9 Å². The van der Waals surface area contributed by atoms with Crippen LogP contribution in [0.15, 0.2) is 30.6 Å². The summed E-state index contributed by atoms with van der Waals surface area (Å²) < 4.78 is 23.0. The molecule has 0 aromatic carbocycles. The zero-order valence-corrected chi connectivity index (χ0v) is 22.9. The van der Waals surface area contributed by atoms with E-state index in [9.17, 15) is 14.0 Å². The molecule has 4 aromatic rings. The average Bonchev–Trinajstić information content (AvgIpc) is 3.50. The number of pyridine rings is 1. The number of anilines is 1. The second-order valence-corrected chi connectivity index (χ2v) is 11.3. The second kappa shape index (κ2) is 9.86. The van der Waals surface area contributed by atoms with E-state index < -0.39 is 5.82 Å². The highest BCUT2D eigenvalue weighted by Gasteiger charge is 2.48. The third-order valence-electron chi connectivity index (χ3n) is 7.64. The molecule has 1 N–H and O–H groups in total. The van der Waals surface area contributed by atoms with Gasteiger partial charge < -0.3 is 10.1 Å². The van der Waals surface area contributed by atoms with E-state index in [1.54, 1.807) is 16.6 Å². The molecule has 0 amide bonds. The molecule has 3 saturated carbocycles. The molecule has 0 aliphatic heterocycles. The van der Waals surface area contributed by atoms with Crippen molar-refractivity contribution >= 4 is 64.9 Å². The number of halogens is 2. The first kappa shape index (κ1) is 24.6. The van der Waals surface area contributed by atoms with Gasteiger partial charge in [-0.3, -0.25) is 13.6 Å². The van der Waals surface area contributed by atoms with Crippen molar-refractivity contribution in [2.24, 2.45) is 17.8 Å². The molecule has 7 rings (SSSR count). The highest BCUT2D eigenvalue weighted by Crippen LogP contribution is 2.47. The number of esters is 1. The number of nitrogens with one attached hydrogen (secondary N) is 1. The summed E-state index contributed by atoms with van der Waals surface area (Å²) in [6.45, 7) is 2.16. The van der Waals surface area contributed by atoms with Crippen LogP contribution in [0.4, 0.5) is 10.2 Å². The number of ether oxygens (including phenoxy) is 1. The molecular weight excluding hydrogens is 610 g/mol. The highest BCUT2D eigenvalue weighted by molar-refractivity contribution is 14.2. The Labute approximate surface area is 228 Å². The van der Waals surface area contributed by atoms with E-state index in [1.165, 1.54) is 21.4 Å². The van der Waals surface area contributed by atoms with Crippen molar-refractivity contribution in [3.05, 3.63) is 42.1 Å². The lowest BCUT2D eigenvalue weighted by Crippen LogP contribution is -2.52. The molecule has 2 bridgehead atoms. The lowest BCUT2D eigenvalue weighted by molar-refractivity contribution is -0.154. The second-order valence-electron chi connectivity index (χ2n) is 9.54. The molecular formula is C25H24FIN6O3S. The predicted molar refractivity (Wildman–Crippen MR) is 147 cm³/mol. The molecule has 0 spiro atoms. The van der Waals surface area contributed by atoms with Gasteiger partial charge in [-0.05, 0) is 62.6 Å². The number of aldehydes is 1. The monoisotopic (exact) mass is 634 g/mol. The summed E-state index contributed by atoms with van der Waals surface area (Å²) in [5.74, 6) is 0.531. The molecule has 0 saturated heterocycles. The number of rotatable bonds is 7. The van der Waals surface area contributed by atoms with Gasteiger partial charge in [0.1, 0.15) is 17.0 Å². The molecule has 3 aliphatic rings. The van der Waals surface area contributed by atoms with Gasteiger partial charge in [0.05, 0.1) is 18.7 Å². The van der Waals surface area contributed by atoms with Crippen molar-refractivity contribution in [3.8, 4) is 11.4 Å². The molecule has 4 aromatic heterocycles. The number of carbonyl (C=O) groups is 2. The van der Waals surface area contributed by atoms with Crippen LogP contribution in [0.3, 0.4) is 0 Å². The van der Waals surface area contributed by atoms with Gasteiger partial charge in [0.25, 0.3) is 0 Å². The molecule has 192 valence electrons. The summed E-state index contributed by atoms with van der Waals surface area (Å²) in [5.41, 5.74) is 2.18. The standard InChI is InChI=1S/C25H24FIN6O3S/c1-2-36-25(35)20-13-3-5-14(6-4-13)21(20)29-23-19-8-7-16(12-34)33(19)31-22(30-23)18-11-32(37-27)24-17(18)9-15(26)10-28-24/h7-14,20-21H,2-6H2,1H3,(H,29,30,31)/t13?,14?,20-,21-/m0/s1. The fourth-order valence-corrected chi connectivity index (χ4v) is 7.26. The van der Waals surface area contributed by atoms with Crippen LogP contribution >= 0.6 is 30.3 Å². The Morgan fingerprint density at radius 2 is 2.08 bits per heavy atom. The quantitative estimate of drug-likeness (QED) is 0.166. The fourth-order valence-electron chi connectivity index (χ4n) is 6.00. The van der Waals surface area contributed by atoms with Crippen molar-refractivity contribution in [2.45, 2.75) is 38.6 Å². The van der Waals surface area contributed by atoms with Gasteiger partial charge in [0, 0.05) is 53.5 Å². The molecule has 3 aliphatic carbocycles. The summed E-state index contributed by atoms with van der Waals surface area (Å²) in [6.07, 6.45) is 7.84. The van der Waals surface area contributed by atoms with Crippen molar-refractivity contribution in [1.29, 1.82) is 0 Å². The summed E-state index contributed by atoms with van der Waals surface area (Å²) >= 11 is 2.13. The minimum Gasteiger partial charge on any atom is -0.466 e. The first-order valence-corrected chi connectivity index (χ1v) is 15.6. The minimum atomic E-state index is -0.463. The average molecular weight is 634 g/mol. The number of aromatic nitrogens is 5. The van der Waals surface area contributed by atoms with E-state index in [4.69, 9.17) is 9.72 Å². The van der Waals surface area contributed by atoms with Crippen molar-refractivity contribution in [1.82, 2.24) is 23.6 Å². The molecule has 12 heteroatoms. The van der Waals surface area contributed by atoms with Gasteiger partial charge in [-0.25, -0.2) is 18.9 Å². The van der Waals surface area contributed by atoms with Gasteiger partial charge >= 0.3 is 5.97 Å². The zero-order chi connectivity index (χ0) is 25.7. The van der Waals surface area contributed by atoms with E-state index >= 15 is 0 Å². The summed E-state index contributed by atoms with van der Waals surface area (Å²) in [6, 6.07) is 4.75. The Balaban J connectivity index is 1.50. The number of hydrogen-bond acceptors (Lipinski definition) is 8. The number of carbonyl (C=O) groups excluding carboxylic acids is 2. The zero-order valence-electron chi connectivity index (χ0n) is 19.9. The minimum absolute atomic E-state index is 0.141. The Hall–Kier alpha value is -2.74. The summed E-state index contributed by atoms with van der Waals surface area (Å²) in [4.78, 5) is 34.0. The summed E-state index contributed by atoms with van der Waals surface area (Å²) in [7, 11) is 1.40. The molecule has 0 unspecified atom stereocenters. The molecule has 2 atom stereocenters. The van der Waals surface area contributed by atoms with Gasteiger partial charge in [-0.15, -0.1) is 5.10 Å².